The van der Waals surface area contributed by atoms with E-state index < -0.39 is 5.91 Å². The van der Waals surface area contributed by atoms with Crippen LogP contribution in [0.2, 0.25) is 0 Å². The van der Waals surface area contributed by atoms with Gasteiger partial charge in [-0.2, -0.15) is 0 Å². The van der Waals surface area contributed by atoms with Gasteiger partial charge >= 0.3 is 0 Å². The third-order valence-electron chi connectivity index (χ3n) is 2.60. The summed E-state index contributed by atoms with van der Waals surface area (Å²) in [6.45, 7) is 2.41. The van der Waals surface area contributed by atoms with Crippen molar-refractivity contribution in [2.24, 2.45) is 5.73 Å². The quantitative estimate of drug-likeness (QED) is 0.853. The zero-order chi connectivity index (χ0) is 13.8. The highest BCUT2D eigenvalue weighted by Gasteiger charge is 2.09. The molecule has 7 heteroatoms. The Kier molecular flexibility index (Phi) is 3.96. The van der Waals surface area contributed by atoms with E-state index in [1.807, 2.05) is 6.92 Å². The summed E-state index contributed by atoms with van der Waals surface area (Å²) in [4.78, 5) is 20.5. The number of thiazole rings is 1. The molecule has 0 radical (unpaired) electrons. The Morgan fingerprint density at radius 2 is 2.26 bits per heavy atom. The molecule has 0 unspecified atom stereocenters. The normalized spacial score (nSPS) is 10.4. The van der Waals surface area contributed by atoms with Crippen LogP contribution in [0.4, 0.5) is 5.69 Å². The van der Waals surface area contributed by atoms with E-state index in [9.17, 15) is 4.79 Å². The number of carbonyl (C=O) groups is 1. The first-order chi connectivity index (χ1) is 9.08. The predicted molar refractivity (Wildman–Crippen MR) is 73.2 cm³/mol. The van der Waals surface area contributed by atoms with Crippen LogP contribution < -0.4 is 16.2 Å². The second-order valence-corrected chi connectivity index (χ2v) is 4.87. The lowest BCUT2D eigenvalue weighted by molar-refractivity contribution is 0.100. The van der Waals surface area contributed by atoms with Gasteiger partial charge in [0.2, 0.25) is 5.88 Å². The predicted octanol–water partition coefficient (Wildman–Crippen LogP) is 1.15. The van der Waals surface area contributed by atoms with Gasteiger partial charge in [0.1, 0.15) is 0 Å². The highest BCUT2D eigenvalue weighted by Crippen LogP contribution is 2.17. The van der Waals surface area contributed by atoms with Gasteiger partial charge in [0, 0.05) is 17.4 Å². The number of nitrogen functional groups attached to an aromatic ring is 1. The summed E-state index contributed by atoms with van der Waals surface area (Å²) in [6.07, 6.45) is 2.11. The Morgan fingerprint density at radius 3 is 2.89 bits per heavy atom. The molecule has 4 N–H and O–H groups in total. The smallest absolute Gasteiger partial charge is 0.251 e. The largest absolute Gasteiger partial charge is 0.477 e. The number of primary amides is 1. The number of aryl methyl sites for hydroxylation is 1. The summed E-state index contributed by atoms with van der Waals surface area (Å²) in [5.74, 6) is -0.256. The number of amides is 1. The minimum atomic E-state index is -0.594. The van der Waals surface area contributed by atoms with Crippen molar-refractivity contribution >= 4 is 22.9 Å². The van der Waals surface area contributed by atoms with Gasteiger partial charge in [-0.3, -0.25) is 4.79 Å². The summed E-state index contributed by atoms with van der Waals surface area (Å²) in [6, 6.07) is 1.46. The number of hydrogen-bond acceptors (Lipinski definition) is 6. The molecular formula is C12H14N4O2S. The number of ether oxygens (including phenoxy) is 1. The SMILES string of the molecule is Cc1ncsc1CCOc1cc(C(N)=O)c(N)cn1. The van der Waals surface area contributed by atoms with E-state index in [4.69, 9.17) is 16.2 Å². The maximum absolute atomic E-state index is 11.1. The maximum atomic E-state index is 11.1. The molecule has 19 heavy (non-hydrogen) atoms. The van der Waals surface area contributed by atoms with Crippen molar-refractivity contribution in [3.05, 3.63) is 33.9 Å². The molecule has 0 fully saturated rings. The number of hydrogen-bond donors (Lipinski definition) is 2. The summed E-state index contributed by atoms with van der Waals surface area (Å²) < 4.78 is 5.48. The Balaban J connectivity index is 1.98. The molecule has 2 aromatic heterocycles. The number of aromatic nitrogens is 2. The molecule has 0 aliphatic rings. The zero-order valence-electron chi connectivity index (χ0n) is 10.4. The van der Waals surface area contributed by atoms with Crippen molar-refractivity contribution in [3.8, 4) is 5.88 Å². The average molecular weight is 278 g/mol. The van der Waals surface area contributed by atoms with Gasteiger partial charge in [0.05, 0.1) is 35.3 Å². The second-order valence-electron chi connectivity index (χ2n) is 3.93. The van der Waals surface area contributed by atoms with Gasteiger partial charge in [-0.05, 0) is 6.92 Å². The van der Waals surface area contributed by atoms with Gasteiger partial charge < -0.3 is 16.2 Å². The summed E-state index contributed by atoms with van der Waals surface area (Å²) in [5.41, 5.74) is 14.1. The number of rotatable bonds is 5. The van der Waals surface area contributed by atoms with Crippen molar-refractivity contribution < 1.29 is 9.53 Å². The number of nitrogens with zero attached hydrogens (tertiary/aromatic N) is 2. The number of anilines is 1. The van der Waals surface area contributed by atoms with Gasteiger partial charge in [0.25, 0.3) is 5.91 Å². The molecule has 0 aliphatic carbocycles. The maximum Gasteiger partial charge on any atom is 0.251 e. The minimum Gasteiger partial charge on any atom is -0.477 e. The lowest BCUT2D eigenvalue weighted by Crippen LogP contribution is -2.14. The third-order valence-corrected chi connectivity index (χ3v) is 3.59. The lowest BCUT2D eigenvalue weighted by atomic mass is 10.2. The summed E-state index contributed by atoms with van der Waals surface area (Å²) in [5, 5.41) is 0. The van der Waals surface area contributed by atoms with Crippen LogP contribution in [-0.4, -0.2) is 22.5 Å². The first-order valence-electron chi connectivity index (χ1n) is 5.65. The molecule has 0 saturated carbocycles. The van der Waals surface area contributed by atoms with Crippen LogP contribution in [0, 0.1) is 6.92 Å². The molecule has 0 atom stereocenters. The van der Waals surface area contributed by atoms with Crippen LogP contribution in [0.3, 0.4) is 0 Å². The fourth-order valence-corrected chi connectivity index (χ4v) is 2.32. The molecule has 100 valence electrons. The molecule has 0 aliphatic heterocycles. The molecule has 0 aromatic carbocycles. The van der Waals surface area contributed by atoms with E-state index in [0.29, 0.717) is 12.5 Å². The number of carbonyl (C=O) groups excluding carboxylic acids is 1. The first-order valence-corrected chi connectivity index (χ1v) is 6.53. The van der Waals surface area contributed by atoms with Gasteiger partial charge in [-0.15, -0.1) is 11.3 Å². The van der Waals surface area contributed by atoms with E-state index in [1.54, 1.807) is 16.8 Å². The monoisotopic (exact) mass is 278 g/mol. The standard InChI is InChI=1S/C12H14N4O2S/c1-7-10(19-6-16-7)2-3-18-11-4-8(12(14)17)9(13)5-15-11/h4-6H,2-3,13H2,1H3,(H2,14,17). The van der Waals surface area contributed by atoms with Crippen LogP contribution in [-0.2, 0) is 6.42 Å². The van der Waals surface area contributed by atoms with Gasteiger partial charge in [-0.25, -0.2) is 9.97 Å². The van der Waals surface area contributed by atoms with Crippen LogP contribution in [0.15, 0.2) is 17.8 Å². The molecule has 0 bridgehead atoms. The second kappa shape index (κ2) is 5.66. The molecule has 2 heterocycles. The average Bonchev–Trinajstić information content (AvgIpc) is 2.77. The number of pyridine rings is 1. The number of nitrogens with two attached hydrogens (primary N) is 2. The van der Waals surface area contributed by atoms with E-state index >= 15 is 0 Å². The summed E-state index contributed by atoms with van der Waals surface area (Å²) >= 11 is 1.59. The van der Waals surface area contributed by atoms with Crippen LogP contribution >= 0.6 is 11.3 Å². The van der Waals surface area contributed by atoms with E-state index in [1.165, 1.54) is 17.1 Å². The highest BCUT2D eigenvalue weighted by atomic mass is 32.1. The van der Waals surface area contributed by atoms with Crippen LogP contribution in [0.5, 0.6) is 5.88 Å². The highest BCUT2D eigenvalue weighted by molar-refractivity contribution is 7.09. The van der Waals surface area contributed by atoms with Crippen molar-refractivity contribution in [2.45, 2.75) is 13.3 Å². The Bertz CT molecular complexity index is 597. The topological polar surface area (TPSA) is 104 Å². The van der Waals surface area contributed by atoms with E-state index in [2.05, 4.69) is 9.97 Å². The van der Waals surface area contributed by atoms with Crippen molar-refractivity contribution in [3.63, 3.8) is 0 Å². The molecule has 2 aromatic rings. The molecule has 2 rings (SSSR count). The third kappa shape index (κ3) is 3.19. The van der Waals surface area contributed by atoms with Crippen LogP contribution in [0.25, 0.3) is 0 Å². The molecule has 0 spiro atoms. The Morgan fingerprint density at radius 1 is 1.47 bits per heavy atom. The van der Waals surface area contributed by atoms with Crippen molar-refractivity contribution in [1.82, 2.24) is 9.97 Å². The van der Waals surface area contributed by atoms with Gasteiger partial charge in [-0.1, -0.05) is 0 Å². The fraction of sp³-hybridized carbons (Fsp3) is 0.250. The van der Waals surface area contributed by atoms with Crippen molar-refractivity contribution in [1.29, 1.82) is 0 Å². The molecule has 1 amide bonds. The lowest BCUT2D eigenvalue weighted by Gasteiger charge is -2.07. The molecule has 6 nitrogen and oxygen atoms in total. The summed E-state index contributed by atoms with van der Waals surface area (Å²) in [7, 11) is 0. The Hall–Kier alpha value is -2.15. The minimum absolute atomic E-state index is 0.221. The fourth-order valence-electron chi connectivity index (χ4n) is 1.55. The zero-order valence-corrected chi connectivity index (χ0v) is 11.2. The Labute approximate surface area is 114 Å². The van der Waals surface area contributed by atoms with Gasteiger partial charge in [0.15, 0.2) is 0 Å². The van der Waals surface area contributed by atoms with Crippen LogP contribution in [0.1, 0.15) is 20.9 Å². The molecular weight excluding hydrogens is 264 g/mol. The first kappa shape index (κ1) is 13.3. The molecule has 0 saturated heterocycles. The van der Waals surface area contributed by atoms with E-state index in [-0.39, 0.29) is 11.3 Å². The van der Waals surface area contributed by atoms with E-state index in [0.717, 1.165) is 12.1 Å². The van der Waals surface area contributed by atoms with Crippen molar-refractivity contribution in [2.75, 3.05) is 12.3 Å².